The van der Waals surface area contributed by atoms with E-state index in [4.69, 9.17) is 14.9 Å². The van der Waals surface area contributed by atoms with E-state index in [1.165, 1.54) is 0 Å². The lowest BCUT2D eigenvalue weighted by Crippen LogP contribution is -2.44. The molecule has 0 rings (SSSR count). The quantitative estimate of drug-likeness (QED) is 0.359. The Morgan fingerprint density at radius 1 is 1.12 bits per heavy atom. The molecule has 0 radical (unpaired) electrons. The molecule has 0 saturated heterocycles. The van der Waals surface area contributed by atoms with Crippen LogP contribution in [0.1, 0.15) is 12.8 Å². The fourth-order valence-corrected chi connectivity index (χ4v) is 1.30. The Balaban J connectivity index is 4.43. The van der Waals surface area contributed by atoms with Crippen molar-refractivity contribution in [2.45, 2.75) is 18.9 Å². The summed E-state index contributed by atoms with van der Waals surface area (Å²) < 4.78 is 5.25. The van der Waals surface area contributed by atoms with Crippen molar-refractivity contribution in [2.75, 3.05) is 27.7 Å². The topological polar surface area (TPSA) is 101 Å². The molecule has 0 aromatic carbocycles. The van der Waals surface area contributed by atoms with E-state index in [-0.39, 0.29) is 6.42 Å². The summed E-state index contributed by atoms with van der Waals surface area (Å²) >= 11 is 0. The van der Waals surface area contributed by atoms with Crippen LogP contribution in [0.5, 0.6) is 0 Å². The minimum absolute atomic E-state index is 0.303. The van der Waals surface area contributed by atoms with E-state index in [9.17, 15) is 14.4 Å². The van der Waals surface area contributed by atoms with Gasteiger partial charge in [0.05, 0.1) is 27.6 Å². The van der Waals surface area contributed by atoms with Crippen molar-refractivity contribution in [1.29, 1.82) is 0 Å². The second-order valence-corrected chi connectivity index (χ2v) is 4.75. The van der Waals surface area contributed by atoms with Gasteiger partial charge in [0.2, 0.25) is 0 Å². The SMILES string of the molecule is C[N+](C)(C)CC(CC(=O)O)OC(=O)CC(=O)O. The third kappa shape index (κ3) is 9.31. The number of hydrogen-bond acceptors (Lipinski definition) is 4. The predicted molar refractivity (Wildman–Crippen MR) is 57.3 cm³/mol. The van der Waals surface area contributed by atoms with Crippen LogP contribution in [0.4, 0.5) is 0 Å². The number of aliphatic carboxylic acids is 2. The summed E-state index contributed by atoms with van der Waals surface area (Å²) in [5.41, 5.74) is 0. The zero-order chi connectivity index (χ0) is 13.6. The highest BCUT2D eigenvalue weighted by Crippen LogP contribution is 2.06. The van der Waals surface area contributed by atoms with Crippen LogP contribution in [0.25, 0.3) is 0 Å². The van der Waals surface area contributed by atoms with Crippen LogP contribution < -0.4 is 0 Å². The van der Waals surface area contributed by atoms with Crippen molar-refractivity contribution in [3.63, 3.8) is 0 Å². The van der Waals surface area contributed by atoms with Gasteiger partial charge in [-0.15, -0.1) is 0 Å². The third-order valence-electron chi connectivity index (χ3n) is 1.75. The number of ether oxygens (including phenoxy) is 1. The maximum Gasteiger partial charge on any atom is 0.317 e. The molecule has 0 spiro atoms. The molecule has 0 aliphatic heterocycles. The van der Waals surface area contributed by atoms with Gasteiger partial charge in [0.1, 0.15) is 13.0 Å². The van der Waals surface area contributed by atoms with Gasteiger partial charge in [-0.2, -0.15) is 0 Å². The second-order valence-electron chi connectivity index (χ2n) is 4.75. The lowest BCUT2D eigenvalue weighted by atomic mass is 10.2. The van der Waals surface area contributed by atoms with Crippen LogP contribution in [0.15, 0.2) is 0 Å². The maximum atomic E-state index is 11.1. The number of carbonyl (C=O) groups is 3. The Bertz CT molecular complexity index is 306. The van der Waals surface area contributed by atoms with E-state index in [1.807, 2.05) is 21.1 Å². The normalized spacial score (nSPS) is 12.9. The van der Waals surface area contributed by atoms with Crippen LogP contribution in [0, 0.1) is 0 Å². The van der Waals surface area contributed by atoms with Gasteiger partial charge in [-0.3, -0.25) is 14.4 Å². The Morgan fingerprint density at radius 2 is 1.65 bits per heavy atom. The molecular weight excluding hydrogens is 230 g/mol. The minimum Gasteiger partial charge on any atom is -0.481 e. The second kappa shape index (κ2) is 6.19. The van der Waals surface area contributed by atoms with Crippen molar-refractivity contribution in [2.24, 2.45) is 0 Å². The molecule has 0 aromatic rings. The zero-order valence-electron chi connectivity index (χ0n) is 10.2. The number of esters is 1. The molecule has 98 valence electrons. The van der Waals surface area contributed by atoms with E-state index < -0.39 is 30.4 Å². The molecule has 17 heavy (non-hydrogen) atoms. The monoisotopic (exact) mass is 248 g/mol. The molecule has 1 atom stereocenters. The first kappa shape index (κ1) is 15.4. The summed E-state index contributed by atoms with van der Waals surface area (Å²) in [6.45, 7) is 0.303. The van der Waals surface area contributed by atoms with Crippen molar-refractivity contribution in [3.8, 4) is 0 Å². The average molecular weight is 248 g/mol. The standard InChI is InChI=1S/C10H17NO6/c1-11(2,3)6-7(4-8(12)13)17-10(16)5-9(14)15/h7H,4-6H2,1-3H3,(H-,12,13,14,15)/p+1. The van der Waals surface area contributed by atoms with E-state index >= 15 is 0 Å². The van der Waals surface area contributed by atoms with Gasteiger partial charge in [0, 0.05) is 0 Å². The number of carboxylic acids is 2. The van der Waals surface area contributed by atoms with E-state index in [0.717, 1.165) is 0 Å². The van der Waals surface area contributed by atoms with Crippen molar-refractivity contribution in [3.05, 3.63) is 0 Å². The lowest BCUT2D eigenvalue weighted by Gasteiger charge is -2.28. The van der Waals surface area contributed by atoms with Crippen LogP contribution in [-0.4, -0.2) is 66.4 Å². The van der Waals surface area contributed by atoms with Gasteiger partial charge in [-0.05, 0) is 0 Å². The number of rotatable bonds is 7. The number of hydrogen-bond donors (Lipinski definition) is 2. The summed E-state index contributed by atoms with van der Waals surface area (Å²) in [4.78, 5) is 32.0. The highest BCUT2D eigenvalue weighted by molar-refractivity contribution is 5.90. The minimum atomic E-state index is -1.30. The van der Waals surface area contributed by atoms with Gasteiger partial charge in [0.25, 0.3) is 0 Å². The number of likely N-dealkylation sites (N-methyl/N-ethyl adjacent to an activating group) is 1. The molecule has 0 heterocycles. The molecule has 1 unspecified atom stereocenters. The van der Waals surface area contributed by atoms with Crippen LogP contribution in [0.2, 0.25) is 0 Å². The van der Waals surface area contributed by atoms with E-state index in [1.54, 1.807) is 0 Å². The van der Waals surface area contributed by atoms with Gasteiger partial charge in [0.15, 0.2) is 6.10 Å². The Kier molecular flexibility index (Phi) is 5.60. The van der Waals surface area contributed by atoms with Crippen molar-refractivity contribution >= 4 is 17.9 Å². The van der Waals surface area contributed by atoms with E-state index in [0.29, 0.717) is 11.0 Å². The summed E-state index contributed by atoms with van der Waals surface area (Å²) in [5.74, 6) is -3.31. The first-order valence-electron chi connectivity index (χ1n) is 5.03. The summed E-state index contributed by atoms with van der Waals surface area (Å²) in [6.07, 6.45) is -1.91. The number of quaternary nitrogens is 1. The smallest absolute Gasteiger partial charge is 0.317 e. The van der Waals surface area contributed by atoms with Crippen LogP contribution in [-0.2, 0) is 19.1 Å². The molecular formula is C10H18NO6+. The molecule has 0 saturated carbocycles. The number of carboxylic acid groups (broad SMARTS) is 2. The highest BCUT2D eigenvalue weighted by Gasteiger charge is 2.25. The molecule has 0 bridgehead atoms. The number of carbonyl (C=O) groups excluding carboxylic acids is 1. The van der Waals surface area contributed by atoms with Gasteiger partial charge in [-0.25, -0.2) is 0 Å². The molecule has 0 aliphatic rings. The summed E-state index contributed by atoms with van der Waals surface area (Å²) in [5, 5.41) is 17.1. The molecule has 7 heteroatoms. The van der Waals surface area contributed by atoms with Gasteiger partial charge >= 0.3 is 17.9 Å². The molecule has 0 fully saturated rings. The fourth-order valence-electron chi connectivity index (χ4n) is 1.30. The zero-order valence-corrected chi connectivity index (χ0v) is 10.2. The summed E-state index contributed by atoms with van der Waals surface area (Å²) in [7, 11) is 5.46. The van der Waals surface area contributed by atoms with Crippen LogP contribution >= 0.6 is 0 Å². The fraction of sp³-hybridized carbons (Fsp3) is 0.700. The van der Waals surface area contributed by atoms with E-state index in [2.05, 4.69) is 0 Å². The molecule has 0 amide bonds. The average Bonchev–Trinajstić information content (AvgIpc) is 1.95. The predicted octanol–water partition coefficient (Wildman–Crippen LogP) is -0.446. The largest absolute Gasteiger partial charge is 0.481 e. The van der Waals surface area contributed by atoms with Crippen LogP contribution in [0.3, 0.4) is 0 Å². The third-order valence-corrected chi connectivity index (χ3v) is 1.75. The van der Waals surface area contributed by atoms with Crippen molar-refractivity contribution in [1.82, 2.24) is 0 Å². The number of nitrogens with zero attached hydrogens (tertiary/aromatic N) is 1. The summed E-state index contributed by atoms with van der Waals surface area (Å²) in [6, 6.07) is 0. The molecule has 0 aromatic heterocycles. The van der Waals surface area contributed by atoms with Gasteiger partial charge < -0.3 is 19.4 Å². The molecule has 2 N–H and O–H groups in total. The van der Waals surface area contributed by atoms with Gasteiger partial charge in [-0.1, -0.05) is 0 Å². The Morgan fingerprint density at radius 3 is 2.00 bits per heavy atom. The molecule has 0 aliphatic carbocycles. The Hall–Kier alpha value is -1.63. The first-order chi connectivity index (χ1) is 7.60. The molecule has 7 nitrogen and oxygen atoms in total. The van der Waals surface area contributed by atoms with Crippen molar-refractivity contribution < 1.29 is 33.8 Å². The maximum absolute atomic E-state index is 11.1. The Labute approximate surface area is 99.2 Å². The highest BCUT2D eigenvalue weighted by atomic mass is 16.5. The lowest BCUT2D eigenvalue weighted by molar-refractivity contribution is -0.873. The first-order valence-corrected chi connectivity index (χ1v) is 5.03.